The Labute approximate surface area is 131 Å². The predicted octanol–water partition coefficient (Wildman–Crippen LogP) is 2.41. The fourth-order valence-corrected chi connectivity index (χ4v) is 1.43. The summed E-state index contributed by atoms with van der Waals surface area (Å²) in [5, 5.41) is 23.0. The molecule has 23 heavy (non-hydrogen) atoms. The number of rotatable bonds is 5. The van der Waals surface area contributed by atoms with E-state index in [0.717, 1.165) is 24.4 Å². The molecule has 0 radical (unpaired) electrons. The van der Waals surface area contributed by atoms with Crippen LogP contribution >= 0.6 is 0 Å². The molecule has 1 aromatic rings. The molecule has 0 atom stereocenters. The van der Waals surface area contributed by atoms with Gasteiger partial charge in [-0.25, -0.2) is 0 Å². The number of carbonyl (C=O) groups is 1. The number of anilines is 1. The third-order valence-corrected chi connectivity index (χ3v) is 2.82. The van der Waals surface area contributed by atoms with Gasteiger partial charge in [-0.3, -0.25) is 4.79 Å². The van der Waals surface area contributed by atoms with Crippen LogP contribution in [0.3, 0.4) is 0 Å². The fraction of sp³-hybridized carbons (Fsp3) is 0.333. The number of amides is 1. The second-order valence-corrected chi connectivity index (χ2v) is 5.39. The number of alkyl halides is 3. The lowest BCUT2D eigenvalue weighted by atomic mass is 10.1. The SMILES string of the molecule is CC(C)(CO)N/C=C(/C#N)C(=O)Nc1cccc(C(F)(F)F)c1. The van der Waals surface area contributed by atoms with Crippen molar-refractivity contribution in [1.29, 1.82) is 5.26 Å². The van der Waals surface area contributed by atoms with Gasteiger partial charge in [0.1, 0.15) is 11.6 Å². The summed E-state index contributed by atoms with van der Waals surface area (Å²) in [6, 6.07) is 5.74. The summed E-state index contributed by atoms with van der Waals surface area (Å²) < 4.78 is 37.8. The summed E-state index contributed by atoms with van der Waals surface area (Å²) in [4.78, 5) is 11.9. The Morgan fingerprint density at radius 1 is 1.39 bits per heavy atom. The predicted molar refractivity (Wildman–Crippen MR) is 78.1 cm³/mol. The third-order valence-electron chi connectivity index (χ3n) is 2.82. The molecule has 0 aliphatic rings. The number of nitriles is 1. The van der Waals surface area contributed by atoms with E-state index in [-0.39, 0.29) is 17.9 Å². The van der Waals surface area contributed by atoms with Crippen molar-refractivity contribution in [2.75, 3.05) is 11.9 Å². The number of carbonyl (C=O) groups excluding carboxylic acids is 1. The van der Waals surface area contributed by atoms with Gasteiger partial charge < -0.3 is 15.7 Å². The molecule has 0 aliphatic carbocycles. The minimum absolute atomic E-state index is 0.0765. The van der Waals surface area contributed by atoms with E-state index in [2.05, 4.69) is 10.6 Å². The number of nitrogens with one attached hydrogen (secondary N) is 2. The maximum atomic E-state index is 12.6. The number of halogens is 3. The van der Waals surface area contributed by atoms with E-state index in [9.17, 15) is 18.0 Å². The molecule has 8 heteroatoms. The first-order valence-electron chi connectivity index (χ1n) is 6.56. The fourth-order valence-electron chi connectivity index (χ4n) is 1.43. The monoisotopic (exact) mass is 327 g/mol. The molecule has 0 spiro atoms. The first-order chi connectivity index (χ1) is 10.6. The van der Waals surface area contributed by atoms with Gasteiger partial charge in [0.2, 0.25) is 0 Å². The Kier molecular flexibility index (Phi) is 5.76. The van der Waals surface area contributed by atoms with Gasteiger partial charge in [-0.15, -0.1) is 0 Å². The van der Waals surface area contributed by atoms with E-state index in [1.807, 2.05) is 0 Å². The first kappa shape index (κ1) is 18.5. The van der Waals surface area contributed by atoms with Crippen molar-refractivity contribution >= 4 is 11.6 Å². The zero-order valence-electron chi connectivity index (χ0n) is 12.5. The van der Waals surface area contributed by atoms with Crippen molar-refractivity contribution in [3.8, 4) is 6.07 Å². The van der Waals surface area contributed by atoms with E-state index in [1.54, 1.807) is 19.9 Å². The van der Waals surface area contributed by atoms with Crippen LogP contribution in [0.1, 0.15) is 19.4 Å². The summed E-state index contributed by atoms with van der Waals surface area (Å²) in [5.74, 6) is -0.854. The molecule has 0 heterocycles. The molecule has 0 saturated carbocycles. The normalized spacial score (nSPS) is 12.5. The topological polar surface area (TPSA) is 85.2 Å². The highest BCUT2D eigenvalue weighted by Crippen LogP contribution is 2.30. The Morgan fingerprint density at radius 3 is 2.57 bits per heavy atom. The molecule has 0 aliphatic heterocycles. The van der Waals surface area contributed by atoms with Crippen LogP contribution in [0.15, 0.2) is 36.0 Å². The summed E-state index contributed by atoms with van der Waals surface area (Å²) in [6.45, 7) is 3.05. The van der Waals surface area contributed by atoms with E-state index in [4.69, 9.17) is 10.4 Å². The van der Waals surface area contributed by atoms with E-state index in [1.165, 1.54) is 6.07 Å². The van der Waals surface area contributed by atoms with Gasteiger partial charge in [0, 0.05) is 11.9 Å². The van der Waals surface area contributed by atoms with Crippen LogP contribution in [0.5, 0.6) is 0 Å². The molecule has 0 aromatic heterocycles. The summed E-state index contributed by atoms with van der Waals surface area (Å²) in [6.07, 6.45) is -3.42. The molecule has 3 N–H and O–H groups in total. The molecule has 0 bridgehead atoms. The van der Waals surface area contributed by atoms with Gasteiger partial charge in [-0.2, -0.15) is 18.4 Å². The smallest absolute Gasteiger partial charge is 0.394 e. The largest absolute Gasteiger partial charge is 0.416 e. The Bertz CT molecular complexity index is 646. The number of aliphatic hydroxyl groups excluding tert-OH is 1. The zero-order chi connectivity index (χ0) is 17.7. The Morgan fingerprint density at radius 2 is 2.04 bits per heavy atom. The average Bonchev–Trinajstić information content (AvgIpc) is 2.47. The molecule has 0 saturated heterocycles. The second kappa shape index (κ2) is 7.15. The Balaban J connectivity index is 2.90. The number of hydrogen-bond donors (Lipinski definition) is 3. The van der Waals surface area contributed by atoms with Crippen molar-refractivity contribution in [3.63, 3.8) is 0 Å². The zero-order valence-corrected chi connectivity index (χ0v) is 12.5. The highest BCUT2D eigenvalue weighted by Gasteiger charge is 2.30. The van der Waals surface area contributed by atoms with Crippen molar-refractivity contribution in [3.05, 3.63) is 41.6 Å². The summed E-state index contributed by atoms with van der Waals surface area (Å²) in [7, 11) is 0. The number of nitrogens with zero attached hydrogens (tertiary/aromatic N) is 1. The second-order valence-electron chi connectivity index (χ2n) is 5.39. The van der Waals surface area contributed by atoms with Gasteiger partial charge in [-0.1, -0.05) is 6.07 Å². The van der Waals surface area contributed by atoms with Crippen LogP contribution in [-0.2, 0) is 11.0 Å². The molecule has 0 unspecified atom stereocenters. The maximum Gasteiger partial charge on any atom is 0.416 e. The van der Waals surface area contributed by atoms with E-state index < -0.39 is 23.2 Å². The number of benzene rings is 1. The van der Waals surface area contributed by atoms with Gasteiger partial charge in [-0.05, 0) is 32.0 Å². The Hall–Kier alpha value is -2.53. The molecule has 1 amide bonds. The molecular weight excluding hydrogens is 311 g/mol. The van der Waals surface area contributed by atoms with Crippen LogP contribution in [0.2, 0.25) is 0 Å². The van der Waals surface area contributed by atoms with Crippen molar-refractivity contribution < 1.29 is 23.1 Å². The van der Waals surface area contributed by atoms with Gasteiger partial charge >= 0.3 is 6.18 Å². The highest BCUT2D eigenvalue weighted by atomic mass is 19.4. The summed E-state index contributed by atoms with van der Waals surface area (Å²) in [5.41, 5.74) is -2.06. The van der Waals surface area contributed by atoms with Crippen LogP contribution in [0.4, 0.5) is 18.9 Å². The molecular formula is C15H16F3N3O2. The molecule has 1 rings (SSSR count). The molecule has 124 valence electrons. The number of hydrogen-bond acceptors (Lipinski definition) is 4. The standard InChI is InChI=1S/C15H16F3N3O2/c1-14(2,9-22)20-8-10(7-19)13(23)21-12-5-3-4-11(6-12)15(16,17)18/h3-6,8,20,22H,9H2,1-2H3,(H,21,23)/b10-8-. The lowest BCUT2D eigenvalue weighted by Gasteiger charge is -2.22. The van der Waals surface area contributed by atoms with E-state index >= 15 is 0 Å². The van der Waals surface area contributed by atoms with Crippen LogP contribution in [-0.4, -0.2) is 23.2 Å². The van der Waals surface area contributed by atoms with Crippen LogP contribution < -0.4 is 10.6 Å². The lowest BCUT2D eigenvalue weighted by molar-refractivity contribution is -0.137. The maximum absolute atomic E-state index is 12.6. The van der Waals surface area contributed by atoms with Gasteiger partial charge in [0.15, 0.2) is 0 Å². The molecule has 1 aromatic carbocycles. The van der Waals surface area contributed by atoms with Crippen LogP contribution in [0, 0.1) is 11.3 Å². The van der Waals surface area contributed by atoms with Crippen molar-refractivity contribution in [2.24, 2.45) is 0 Å². The highest BCUT2D eigenvalue weighted by molar-refractivity contribution is 6.06. The third kappa shape index (κ3) is 5.64. The first-order valence-corrected chi connectivity index (χ1v) is 6.56. The number of aliphatic hydroxyl groups is 1. The average molecular weight is 327 g/mol. The van der Waals surface area contributed by atoms with Crippen molar-refractivity contribution in [2.45, 2.75) is 25.6 Å². The quantitative estimate of drug-likeness (QED) is 0.573. The molecule has 5 nitrogen and oxygen atoms in total. The van der Waals surface area contributed by atoms with E-state index in [0.29, 0.717) is 0 Å². The minimum atomic E-state index is -4.53. The lowest BCUT2D eigenvalue weighted by Crippen LogP contribution is -2.39. The van der Waals surface area contributed by atoms with Crippen molar-refractivity contribution in [1.82, 2.24) is 5.32 Å². The minimum Gasteiger partial charge on any atom is -0.394 e. The summed E-state index contributed by atoms with van der Waals surface area (Å²) >= 11 is 0. The van der Waals surface area contributed by atoms with Crippen LogP contribution in [0.25, 0.3) is 0 Å². The molecule has 0 fully saturated rings. The van der Waals surface area contributed by atoms with Gasteiger partial charge in [0.25, 0.3) is 5.91 Å². The van der Waals surface area contributed by atoms with Gasteiger partial charge in [0.05, 0.1) is 17.7 Å².